The molecule has 0 bridgehead atoms. The molecule has 148 valence electrons. The van der Waals surface area contributed by atoms with Crippen molar-refractivity contribution in [3.05, 3.63) is 40.2 Å². The number of rotatable bonds is 4. The Morgan fingerprint density at radius 2 is 1.68 bits per heavy atom. The molecule has 1 heterocycles. The number of Topliss-reactive ketones (excluding diaryl/α,β-unsaturated/α-hetero) is 1. The molecular weight excluding hydrogens is 356 g/mol. The van der Waals surface area contributed by atoms with E-state index in [1.54, 1.807) is 33.5 Å². The molecule has 0 radical (unpaired) electrons. The Morgan fingerprint density at radius 1 is 1.07 bits per heavy atom. The zero-order chi connectivity index (χ0) is 20.6. The van der Waals surface area contributed by atoms with Gasteiger partial charge in [-0.25, -0.2) is 0 Å². The average molecular weight is 382 g/mol. The number of hydrogen-bond donors (Lipinski definition) is 1. The lowest BCUT2D eigenvalue weighted by molar-refractivity contribution is -0.118. The second kappa shape index (κ2) is 7.23. The maximum absolute atomic E-state index is 13.1. The minimum absolute atomic E-state index is 0.0563. The Bertz CT molecular complexity index is 935. The third-order valence-electron chi connectivity index (χ3n) is 5.41. The number of nitrogens with zero attached hydrogens (tertiary/aromatic N) is 1. The molecule has 1 atom stereocenters. The van der Waals surface area contributed by atoms with Gasteiger partial charge in [-0.15, -0.1) is 0 Å². The highest BCUT2D eigenvalue weighted by molar-refractivity contribution is 6.00. The van der Waals surface area contributed by atoms with Crippen molar-refractivity contribution >= 4 is 5.78 Å². The summed E-state index contributed by atoms with van der Waals surface area (Å²) in [6, 6.07) is 5.83. The number of allylic oxidation sites excluding steroid dienone is 4. The van der Waals surface area contributed by atoms with Gasteiger partial charge in [0.05, 0.1) is 38.9 Å². The number of dihydropyridines is 1. The molecule has 0 fully saturated rings. The van der Waals surface area contributed by atoms with Crippen molar-refractivity contribution in [1.29, 1.82) is 5.26 Å². The molecule has 6 heteroatoms. The summed E-state index contributed by atoms with van der Waals surface area (Å²) in [7, 11) is 4.68. The highest BCUT2D eigenvalue weighted by Gasteiger charge is 2.42. The number of nitrogens with one attached hydrogen (secondary N) is 1. The summed E-state index contributed by atoms with van der Waals surface area (Å²) in [5.74, 6) is 1.16. The molecule has 28 heavy (non-hydrogen) atoms. The van der Waals surface area contributed by atoms with Crippen LogP contribution < -0.4 is 19.5 Å². The third kappa shape index (κ3) is 3.22. The smallest absolute Gasteiger partial charge is 0.164 e. The number of carbonyl (C=O) groups is 1. The molecule has 1 N–H and O–H groups in total. The van der Waals surface area contributed by atoms with E-state index in [4.69, 9.17) is 14.2 Å². The molecule has 1 aromatic rings. The Kier molecular flexibility index (Phi) is 5.12. The Hall–Kier alpha value is -2.94. The van der Waals surface area contributed by atoms with Crippen molar-refractivity contribution in [2.45, 2.75) is 39.5 Å². The Balaban J connectivity index is 2.28. The summed E-state index contributed by atoms with van der Waals surface area (Å²) in [5.41, 5.74) is 3.40. The van der Waals surface area contributed by atoms with Crippen molar-refractivity contribution in [3.63, 3.8) is 0 Å². The van der Waals surface area contributed by atoms with Gasteiger partial charge in [-0.3, -0.25) is 4.79 Å². The lowest BCUT2D eigenvalue weighted by Gasteiger charge is -2.39. The normalized spacial score (nSPS) is 20.9. The maximum atomic E-state index is 13.1. The van der Waals surface area contributed by atoms with Crippen molar-refractivity contribution in [3.8, 4) is 23.3 Å². The van der Waals surface area contributed by atoms with E-state index in [9.17, 15) is 10.1 Å². The first-order chi connectivity index (χ1) is 13.3. The van der Waals surface area contributed by atoms with E-state index < -0.39 is 5.92 Å². The van der Waals surface area contributed by atoms with Gasteiger partial charge in [-0.2, -0.15) is 5.26 Å². The zero-order valence-corrected chi connectivity index (χ0v) is 17.2. The number of benzene rings is 1. The number of methoxy groups -OCH3 is 3. The second-order valence-corrected chi connectivity index (χ2v) is 7.99. The molecule has 0 saturated carbocycles. The number of ether oxygens (including phenoxy) is 3. The van der Waals surface area contributed by atoms with Gasteiger partial charge in [0.2, 0.25) is 0 Å². The standard InChI is InChI=1S/C22H26N2O4/c1-12-14(11-23)20(21-15(24-12)9-22(2,3)10-16(21)25)13-7-18(27-5)19(28-6)8-17(13)26-4/h7-8,20,24H,9-10H2,1-6H3. The summed E-state index contributed by atoms with van der Waals surface area (Å²) in [6.07, 6.45) is 1.19. The fourth-order valence-electron chi connectivity index (χ4n) is 4.17. The van der Waals surface area contributed by atoms with Gasteiger partial charge in [0, 0.05) is 35.0 Å². The minimum atomic E-state index is -0.500. The van der Waals surface area contributed by atoms with Crippen molar-refractivity contribution in [1.82, 2.24) is 5.32 Å². The number of hydrogen-bond acceptors (Lipinski definition) is 6. The van der Waals surface area contributed by atoms with E-state index in [1.807, 2.05) is 6.92 Å². The summed E-state index contributed by atoms with van der Waals surface area (Å²) in [6.45, 7) is 6.04. The molecule has 1 aromatic carbocycles. The van der Waals surface area contributed by atoms with Gasteiger partial charge < -0.3 is 19.5 Å². The van der Waals surface area contributed by atoms with Gasteiger partial charge in [-0.05, 0) is 24.8 Å². The molecule has 0 aromatic heterocycles. The first-order valence-corrected chi connectivity index (χ1v) is 9.20. The quantitative estimate of drug-likeness (QED) is 0.852. The first-order valence-electron chi connectivity index (χ1n) is 9.20. The Morgan fingerprint density at radius 3 is 2.25 bits per heavy atom. The van der Waals surface area contributed by atoms with E-state index in [2.05, 4.69) is 25.2 Å². The maximum Gasteiger partial charge on any atom is 0.164 e. The van der Waals surface area contributed by atoms with Gasteiger partial charge in [0.15, 0.2) is 17.3 Å². The lowest BCUT2D eigenvalue weighted by atomic mass is 9.68. The number of ketones is 1. The zero-order valence-electron chi connectivity index (χ0n) is 17.2. The van der Waals surface area contributed by atoms with Crippen LogP contribution in [0.3, 0.4) is 0 Å². The molecule has 0 saturated heterocycles. The van der Waals surface area contributed by atoms with Crippen LogP contribution in [0.2, 0.25) is 0 Å². The first kappa shape index (κ1) is 19.8. The van der Waals surface area contributed by atoms with Crippen LogP contribution in [0.1, 0.15) is 45.1 Å². The van der Waals surface area contributed by atoms with Crippen LogP contribution in [0.15, 0.2) is 34.7 Å². The SMILES string of the molecule is COc1cc(OC)c(C2C(C#N)=C(C)NC3=C2C(=O)CC(C)(C)C3)cc1OC. The summed E-state index contributed by atoms with van der Waals surface area (Å²) >= 11 is 0. The fraction of sp³-hybridized carbons (Fsp3) is 0.455. The summed E-state index contributed by atoms with van der Waals surface area (Å²) in [4.78, 5) is 13.1. The summed E-state index contributed by atoms with van der Waals surface area (Å²) in [5, 5.41) is 13.2. The molecule has 2 aliphatic rings. The molecule has 1 aliphatic carbocycles. The lowest BCUT2D eigenvalue weighted by Crippen LogP contribution is -2.37. The highest BCUT2D eigenvalue weighted by Crippen LogP contribution is 2.49. The third-order valence-corrected chi connectivity index (χ3v) is 5.41. The predicted octanol–water partition coefficient (Wildman–Crippen LogP) is 3.84. The Labute approximate surface area is 165 Å². The van der Waals surface area contributed by atoms with E-state index in [0.717, 1.165) is 23.4 Å². The molecular formula is C22H26N2O4. The van der Waals surface area contributed by atoms with E-state index in [1.165, 1.54) is 0 Å². The van der Waals surface area contributed by atoms with Crippen LogP contribution in [0.5, 0.6) is 17.2 Å². The van der Waals surface area contributed by atoms with Gasteiger partial charge in [0.1, 0.15) is 5.75 Å². The minimum Gasteiger partial charge on any atom is -0.496 e. The van der Waals surface area contributed by atoms with Crippen LogP contribution >= 0.6 is 0 Å². The topological polar surface area (TPSA) is 80.6 Å². The van der Waals surface area contributed by atoms with E-state index in [-0.39, 0.29) is 11.2 Å². The largest absolute Gasteiger partial charge is 0.496 e. The van der Waals surface area contributed by atoms with Crippen molar-refractivity contribution in [2.75, 3.05) is 21.3 Å². The van der Waals surface area contributed by atoms with Crippen LogP contribution in [0, 0.1) is 16.7 Å². The van der Waals surface area contributed by atoms with Crippen LogP contribution in [-0.4, -0.2) is 27.1 Å². The highest BCUT2D eigenvalue weighted by atomic mass is 16.5. The van der Waals surface area contributed by atoms with Crippen LogP contribution in [-0.2, 0) is 4.79 Å². The molecule has 0 spiro atoms. The van der Waals surface area contributed by atoms with Crippen LogP contribution in [0.4, 0.5) is 0 Å². The van der Waals surface area contributed by atoms with Crippen molar-refractivity contribution < 1.29 is 19.0 Å². The van der Waals surface area contributed by atoms with Gasteiger partial charge >= 0.3 is 0 Å². The van der Waals surface area contributed by atoms with Crippen molar-refractivity contribution in [2.24, 2.45) is 5.41 Å². The van der Waals surface area contributed by atoms with E-state index >= 15 is 0 Å². The number of carbonyl (C=O) groups excluding carboxylic acids is 1. The summed E-state index contributed by atoms with van der Waals surface area (Å²) < 4.78 is 16.4. The van der Waals surface area contributed by atoms with Gasteiger partial charge in [0.25, 0.3) is 0 Å². The number of nitriles is 1. The monoisotopic (exact) mass is 382 g/mol. The molecule has 1 aliphatic heterocycles. The van der Waals surface area contributed by atoms with Crippen LogP contribution in [0.25, 0.3) is 0 Å². The average Bonchev–Trinajstić information content (AvgIpc) is 2.64. The molecule has 6 nitrogen and oxygen atoms in total. The molecule has 3 rings (SSSR count). The van der Waals surface area contributed by atoms with Gasteiger partial charge in [-0.1, -0.05) is 13.8 Å². The molecule has 0 amide bonds. The second-order valence-electron chi connectivity index (χ2n) is 7.99. The van der Waals surface area contributed by atoms with E-state index in [0.29, 0.717) is 34.8 Å². The fourth-order valence-corrected chi connectivity index (χ4v) is 4.17. The predicted molar refractivity (Wildman–Crippen MR) is 105 cm³/mol. The molecule has 1 unspecified atom stereocenters.